The van der Waals surface area contributed by atoms with E-state index in [1.54, 1.807) is 0 Å². The Kier molecular flexibility index (Phi) is 7.27. The number of rotatable bonds is 4. The highest BCUT2D eigenvalue weighted by atomic mass is 16.3. The smallest absolute Gasteiger partial charge is 0.143 e. The van der Waals surface area contributed by atoms with E-state index in [0.29, 0.717) is 0 Å². The normalized spacial score (nSPS) is 12.7. The van der Waals surface area contributed by atoms with Crippen LogP contribution in [-0.4, -0.2) is 9.97 Å². The molecule has 1 aliphatic rings. The fraction of sp³-hybridized carbons (Fsp3) is 0.0545. The molecular formula is C55H36N2O. The van der Waals surface area contributed by atoms with Crippen LogP contribution in [0.15, 0.2) is 168 Å². The molecule has 0 spiro atoms. The highest BCUT2D eigenvalue weighted by Crippen LogP contribution is 2.41. The van der Waals surface area contributed by atoms with Crippen molar-refractivity contribution in [2.45, 2.75) is 19.8 Å². The number of fused-ring (bicyclic) bond motifs is 11. The zero-order valence-corrected chi connectivity index (χ0v) is 32.0. The van der Waals surface area contributed by atoms with E-state index in [9.17, 15) is 0 Å². The van der Waals surface area contributed by atoms with Gasteiger partial charge >= 0.3 is 0 Å². The summed E-state index contributed by atoms with van der Waals surface area (Å²) >= 11 is 0. The standard InChI is InChI=1S/C55H36N2O/c1-33-39(34-12-3-2-4-13-34)26-24-35-22-23-36-25-31-49(57-54(36)51(33)35)43-28-27-40(41-16-5-6-17-42(41)43)37-14-11-15-38(32-37)53-47-30-29-45-44-18-8-10-21-50(44)58-55(45)52(47)46-19-7-9-20-48(46)56-53/h2-7,9,11-32H,8,10H2,1H3. The van der Waals surface area contributed by atoms with Crippen molar-refractivity contribution in [1.29, 1.82) is 0 Å². The molecule has 0 N–H and O–H groups in total. The first-order valence-electron chi connectivity index (χ1n) is 20.1. The molecule has 3 aromatic heterocycles. The van der Waals surface area contributed by atoms with Crippen LogP contribution in [0.3, 0.4) is 0 Å². The largest absolute Gasteiger partial charge is 0.456 e. The lowest BCUT2D eigenvalue weighted by atomic mass is 9.91. The van der Waals surface area contributed by atoms with Crippen molar-refractivity contribution in [2.24, 2.45) is 0 Å². The molecule has 0 bridgehead atoms. The molecule has 0 aliphatic heterocycles. The average Bonchev–Trinajstić information content (AvgIpc) is 3.67. The molecule has 0 radical (unpaired) electrons. The van der Waals surface area contributed by atoms with Gasteiger partial charge in [-0.2, -0.15) is 0 Å². The van der Waals surface area contributed by atoms with Crippen molar-refractivity contribution >= 4 is 77.2 Å². The molecule has 0 saturated carbocycles. The van der Waals surface area contributed by atoms with E-state index in [4.69, 9.17) is 14.4 Å². The molecule has 0 unspecified atom stereocenters. The molecule has 272 valence electrons. The lowest BCUT2D eigenvalue weighted by molar-refractivity contribution is 0.575. The fourth-order valence-corrected chi connectivity index (χ4v) is 9.51. The summed E-state index contributed by atoms with van der Waals surface area (Å²) in [4.78, 5) is 10.8. The summed E-state index contributed by atoms with van der Waals surface area (Å²) in [5.41, 5.74) is 14.0. The van der Waals surface area contributed by atoms with Crippen LogP contribution in [0.1, 0.15) is 18.4 Å². The molecule has 0 atom stereocenters. The van der Waals surface area contributed by atoms with Crippen LogP contribution in [0.2, 0.25) is 0 Å². The quantitative estimate of drug-likeness (QED) is 0.169. The Labute approximate surface area is 334 Å². The molecule has 3 heterocycles. The zero-order chi connectivity index (χ0) is 38.3. The van der Waals surface area contributed by atoms with Crippen molar-refractivity contribution in [1.82, 2.24) is 9.97 Å². The van der Waals surface area contributed by atoms with E-state index < -0.39 is 0 Å². The number of aryl methyl sites for hydroxylation is 1. The first-order valence-corrected chi connectivity index (χ1v) is 20.1. The topological polar surface area (TPSA) is 38.9 Å². The van der Waals surface area contributed by atoms with Crippen LogP contribution < -0.4 is 10.6 Å². The van der Waals surface area contributed by atoms with E-state index >= 15 is 0 Å². The van der Waals surface area contributed by atoms with Gasteiger partial charge in [0.05, 0.1) is 22.4 Å². The van der Waals surface area contributed by atoms with Crippen LogP contribution in [-0.2, 0) is 0 Å². The summed E-state index contributed by atoms with van der Waals surface area (Å²) in [6.45, 7) is 2.23. The third-order valence-corrected chi connectivity index (χ3v) is 12.3. The molecule has 0 saturated heterocycles. The van der Waals surface area contributed by atoms with Crippen molar-refractivity contribution in [3.63, 3.8) is 0 Å². The van der Waals surface area contributed by atoms with Gasteiger partial charge in [-0.05, 0) is 94.1 Å². The van der Waals surface area contributed by atoms with Gasteiger partial charge in [-0.3, -0.25) is 0 Å². The highest BCUT2D eigenvalue weighted by Gasteiger charge is 2.19. The SMILES string of the molecule is Cc1c(-c2ccccc2)ccc2ccc3ccc(-c4ccc(-c5cccc(-c6nc7ccccc7c7c6ccc6c8c(oc67)=CCCC=8)c5)c5ccccc45)nc3c12. The maximum absolute atomic E-state index is 6.65. The minimum absolute atomic E-state index is 0.941. The third kappa shape index (κ3) is 5.00. The molecule has 0 amide bonds. The Balaban J connectivity index is 1.02. The zero-order valence-electron chi connectivity index (χ0n) is 32.0. The maximum atomic E-state index is 6.65. The number of hydrogen-bond acceptors (Lipinski definition) is 3. The summed E-state index contributed by atoms with van der Waals surface area (Å²) in [7, 11) is 0. The molecule has 0 fully saturated rings. The lowest BCUT2D eigenvalue weighted by Crippen LogP contribution is -2.21. The lowest BCUT2D eigenvalue weighted by Gasteiger charge is -2.15. The molecule has 3 heteroatoms. The van der Waals surface area contributed by atoms with Crippen LogP contribution >= 0.6 is 0 Å². The number of pyridine rings is 2. The maximum Gasteiger partial charge on any atom is 0.143 e. The average molecular weight is 741 g/mol. The van der Waals surface area contributed by atoms with Crippen molar-refractivity contribution < 1.29 is 4.42 Å². The summed E-state index contributed by atoms with van der Waals surface area (Å²) in [5.74, 6) is 0. The van der Waals surface area contributed by atoms with Crippen molar-refractivity contribution in [3.05, 3.63) is 180 Å². The first kappa shape index (κ1) is 32.8. The van der Waals surface area contributed by atoms with Gasteiger partial charge in [-0.15, -0.1) is 0 Å². The molecule has 12 rings (SSSR count). The molecule has 11 aromatic rings. The molecule has 1 aliphatic carbocycles. The molecule has 58 heavy (non-hydrogen) atoms. The number of benzene rings is 8. The second kappa shape index (κ2) is 12.8. The van der Waals surface area contributed by atoms with E-state index in [1.165, 1.54) is 54.4 Å². The summed E-state index contributed by atoms with van der Waals surface area (Å²) < 4.78 is 6.65. The van der Waals surface area contributed by atoms with E-state index in [0.717, 1.165) is 84.5 Å². The van der Waals surface area contributed by atoms with E-state index in [-0.39, 0.29) is 0 Å². The second-order valence-corrected chi connectivity index (χ2v) is 15.5. The van der Waals surface area contributed by atoms with Gasteiger partial charge in [0.1, 0.15) is 11.0 Å². The van der Waals surface area contributed by atoms with Gasteiger partial charge in [-0.1, -0.05) is 146 Å². The number of nitrogens with zero attached hydrogens (tertiary/aromatic N) is 2. The van der Waals surface area contributed by atoms with E-state index in [2.05, 4.69) is 183 Å². The minimum Gasteiger partial charge on any atom is -0.456 e. The van der Waals surface area contributed by atoms with Gasteiger partial charge < -0.3 is 4.42 Å². The minimum atomic E-state index is 0.941. The Morgan fingerprint density at radius 2 is 1.14 bits per heavy atom. The number of hydrogen-bond donors (Lipinski definition) is 0. The fourth-order valence-electron chi connectivity index (χ4n) is 9.51. The van der Waals surface area contributed by atoms with Gasteiger partial charge in [0, 0.05) is 48.7 Å². The number of aromatic nitrogens is 2. The van der Waals surface area contributed by atoms with Gasteiger partial charge in [0.2, 0.25) is 0 Å². The predicted octanol–water partition coefficient (Wildman–Crippen LogP) is 13.3. The second-order valence-electron chi connectivity index (χ2n) is 15.5. The molecule has 8 aromatic carbocycles. The first-order chi connectivity index (χ1) is 28.7. The molecular weight excluding hydrogens is 705 g/mol. The Morgan fingerprint density at radius 3 is 2.03 bits per heavy atom. The van der Waals surface area contributed by atoms with E-state index in [1.807, 2.05) is 0 Å². The van der Waals surface area contributed by atoms with Crippen molar-refractivity contribution in [3.8, 4) is 44.8 Å². The van der Waals surface area contributed by atoms with Crippen molar-refractivity contribution in [2.75, 3.05) is 0 Å². The van der Waals surface area contributed by atoms with Gasteiger partial charge in [0.25, 0.3) is 0 Å². The monoisotopic (exact) mass is 740 g/mol. The van der Waals surface area contributed by atoms with Gasteiger partial charge in [-0.25, -0.2) is 9.97 Å². The van der Waals surface area contributed by atoms with Crippen LogP contribution in [0.25, 0.3) is 122 Å². The Bertz CT molecular complexity index is 3640. The highest BCUT2D eigenvalue weighted by molar-refractivity contribution is 6.21. The van der Waals surface area contributed by atoms with Crippen LogP contribution in [0, 0.1) is 6.92 Å². The Morgan fingerprint density at radius 1 is 0.466 bits per heavy atom. The Hall–Kier alpha value is -7.36. The summed E-state index contributed by atoms with van der Waals surface area (Å²) in [6, 6.07) is 58.9. The van der Waals surface area contributed by atoms with Gasteiger partial charge in [0.15, 0.2) is 0 Å². The summed E-state index contributed by atoms with van der Waals surface area (Å²) in [6.07, 6.45) is 6.59. The predicted molar refractivity (Wildman–Crippen MR) is 243 cm³/mol. The third-order valence-electron chi connectivity index (χ3n) is 12.3. The van der Waals surface area contributed by atoms with Crippen LogP contribution in [0.4, 0.5) is 0 Å². The number of furan rings is 1. The van der Waals surface area contributed by atoms with Crippen LogP contribution in [0.5, 0.6) is 0 Å². The number of para-hydroxylation sites is 1. The summed E-state index contributed by atoms with van der Waals surface area (Å²) in [5, 5.41) is 11.6. The molecule has 3 nitrogen and oxygen atoms in total.